The fourth-order valence-corrected chi connectivity index (χ4v) is 2.10. The molecule has 19 heavy (non-hydrogen) atoms. The van der Waals surface area contributed by atoms with E-state index in [0.29, 0.717) is 17.2 Å². The number of hydrogen-bond acceptors (Lipinski definition) is 2. The number of benzene rings is 2. The summed E-state index contributed by atoms with van der Waals surface area (Å²) in [6, 6.07) is 14.8. The Morgan fingerprint density at radius 1 is 0.947 bits per heavy atom. The molecule has 1 aliphatic carbocycles. The molecule has 3 rings (SSSR count). The van der Waals surface area contributed by atoms with Gasteiger partial charge in [0.2, 0.25) is 0 Å². The first-order valence-corrected chi connectivity index (χ1v) is 7.09. The van der Waals surface area contributed by atoms with Crippen molar-refractivity contribution < 1.29 is 9.53 Å². The smallest absolute Gasteiger partial charge is 0.193 e. The maximum Gasteiger partial charge on any atom is 0.193 e. The summed E-state index contributed by atoms with van der Waals surface area (Å²) in [7, 11) is 0. The number of carbonyl (C=O) groups excluding carboxylic acids is 1. The Labute approximate surface area is 120 Å². The Balaban J connectivity index is 1.77. The number of rotatable bonds is 4. The van der Waals surface area contributed by atoms with Crippen LogP contribution in [0.1, 0.15) is 28.8 Å². The summed E-state index contributed by atoms with van der Waals surface area (Å²) < 4.78 is 6.63. The molecule has 1 saturated carbocycles. The summed E-state index contributed by atoms with van der Waals surface area (Å²) in [6.07, 6.45) is 2.66. The normalized spacial score (nSPS) is 14.2. The Kier molecular flexibility index (Phi) is 3.38. The maximum absolute atomic E-state index is 12.2. The van der Waals surface area contributed by atoms with E-state index in [1.54, 1.807) is 0 Å². The van der Waals surface area contributed by atoms with E-state index >= 15 is 0 Å². The van der Waals surface area contributed by atoms with Gasteiger partial charge >= 0.3 is 0 Å². The van der Waals surface area contributed by atoms with Gasteiger partial charge in [0.15, 0.2) is 5.78 Å². The van der Waals surface area contributed by atoms with Crippen molar-refractivity contribution in [3.8, 4) is 5.75 Å². The summed E-state index contributed by atoms with van der Waals surface area (Å²) in [5, 5.41) is 0. The first kappa shape index (κ1) is 12.4. The Hall–Kier alpha value is -1.61. The number of ketones is 1. The van der Waals surface area contributed by atoms with Gasteiger partial charge in [0, 0.05) is 15.6 Å². The lowest BCUT2D eigenvalue weighted by molar-refractivity contribution is 0.103. The predicted molar refractivity (Wildman–Crippen MR) is 77.7 cm³/mol. The maximum atomic E-state index is 12.2. The van der Waals surface area contributed by atoms with Gasteiger partial charge in [-0.15, -0.1) is 0 Å². The zero-order valence-electron chi connectivity index (χ0n) is 10.3. The van der Waals surface area contributed by atoms with Crippen molar-refractivity contribution in [3.63, 3.8) is 0 Å². The molecule has 0 N–H and O–H groups in total. The molecule has 0 aromatic heterocycles. The molecular formula is C16H13BrO2. The Morgan fingerprint density at radius 3 is 2.00 bits per heavy atom. The third-order valence-electron chi connectivity index (χ3n) is 3.05. The molecule has 0 amide bonds. The molecule has 2 nitrogen and oxygen atoms in total. The average Bonchev–Trinajstić information content (AvgIpc) is 3.24. The van der Waals surface area contributed by atoms with Crippen molar-refractivity contribution in [2.45, 2.75) is 18.9 Å². The van der Waals surface area contributed by atoms with Gasteiger partial charge in [-0.3, -0.25) is 4.79 Å². The second-order valence-corrected chi connectivity index (χ2v) is 5.59. The van der Waals surface area contributed by atoms with Crippen molar-refractivity contribution in [3.05, 3.63) is 64.1 Å². The molecular weight excluding hydrogens is 304 g/mol. The fraction of sp³-hybridized carbons (Fsp3) is 0.188. The molecule has 0 aliphatic heterocycles. The van der Waals surface area contributed by atoms with E-state index in [9.17, 15) is 4.79 Å². The highest BCUT2D eigenvalue weighted by atomic mass is 79.9. The summed E-state index contributed by atoms with van der Waals surface area (Å²) in [5.74, 6) is 0.875. The van der Waals surface area contributed by atoms with E-state index < -0.39 is 0 Å². The molecule has 0 saturated heterocycles. The standard InChI is InChI=1S/C16H13BrO2/c17-13-5-1-11(2-6-13)16(18)12-3-7-14(8-4-12)19-15-9-10-15/h1-8,15H,9-10H2. The molecule has 3 heteroatoms. The van der Waals surface area contributed by atoms with Crippen LogP contribution in [0, 0.1) is 0 Å². The van der Waals surface area contributed by atoms with Gasteiger partial charge in [0.1, 0.15) is 5.75 Å². The van der Waals surface area contributed by atoms with E-state index in [2.05, 4.69) is 15.9 Å². The largest absolute Gasteiger partial charge is 0.490 e. The van der Waals surface area contributed by atoms with Crippen LogP contribution in [0.2, 0.25) is 0 Å². The van der Waals surface area contributed by atoms with Crippen molar-refractivity contribution in [2.75, 3.05) is 0 Å². The summed E-state index contributed by atoms with van der Waals surface area (Å²) >= 11 is 3.36. The number of carbonyl (C=O) groups is 1. The van der Waals surface area contributed by atoms with Crippen LogP contribution < -0.4 is 4.74 Å². The predicted octanol–water partition coefficient (Wildman–Crippen LogP) is 4.22. The van der Waals surface area contributed by atoms with Gasteiger partial charge in [0.25, 0.3) is 0 Å². The number of ether oxygens (including phenoxy) is 1. The van der Waals surface area contributed by atoms with E-state index in [1.165, 1.54) is 0 Å². The second kappa shape index (κ2) is 5.17. The van der Waals surface area contributed by atoms with Crippen LogP contribution in [-0.4, -0.2) is 11.9 Å². The minimum absolute atomic E-state index is 0.0328. The van der Waals surface area contributed by atoms with E-state index in [4.69, 9.17) is 4.74 Å². The zero-order valence-corrected chi connectivity index (χ0v) is 11.9. The monoisotopic (exact) mass is 316 g/mol. The van der Waals surface area contributed by atoms with Crippen LogP contribution in [0.15, 0.2) is 53.0 Å². The van der Waals surface area contributed by atoms with Gasteiger partial charge in [0.05, 0.1) is 6.10 Å². The quantitative estimate of drug-likeness (QED) is 0.789. The topological polar surface area (TPSA) is 26.3 Å². The van der Waals surface area contributed by atoms with Crippen molar-refractivity contribution in [2.24, 2.45) is 0 Å². The minimum Gasteiger partial charge on any atom is -0.490 e. The van der Waals surface area contributed by atoms with Crippen LogP contribution in [0.3, 0.4) is 0 Å². The highest BCUT2D eigenvalue weighted by Crippen LogP contribution is 2.27. The van der Waals surface area contributed by atoms with Crippen LogP contribution >= 0.6 is 15.9 Å². The zero-order chi connectivity index (χ0) is 13.2. The summed E-state index contributed by atoms with van der Waals surface area (Å²) in [4.78, 5) is 12.2. The van der Waals surface area contributed by atoms with Crippen LogP contribution in [0.4, 0.5) is 0 Å². The fourth-order valence-electron chi connectivity index (χ4n) is 1.83. The lowest BCUT2D eigenvalue weighted by atomic mass is 10.0. The molecule has 1 fully saturated rings. The molecule has 2 aromatic rings. The molecule has 96 valence electrons. The molecule has 1 aliphatic rings. The lowest BCUT2D eigenvalue weighted by Gasteiger charge is -2.05. The van der Waals surface area contributed by atoms with Crippen molar-refractivity contribution in [1.29, 1.82) is 0 Å². The molecule has 0 spiro atoms. The summed E-state index contributed by atoms with van der Waals surface area (Å²) in [6.45, 7) is 0. The van der Waals surface area contributed by atoms with Gasteiger partial charge in [-0.05, 0) is 61.4 Å². The lowest BCUT2D eigenvalue weighted by Crippen LogP contribution is -2.01. The van der Waals surface area contributed by atoms with E-state index in [1.807, 2.05) is 48.5 Å². The minimum atomic E-state index is 0.0328. The first-order chi connectivity index (χ1) is 9.22. The number of hydrogen-bond donors (Lipinski definition) is 0. The van der Waals surface area contributed by atoms with E-state index in [-0.39, 0.29) is 5.78 Å². The third-order valence-corrected chi connectivity index (χ3v) is 3.58. The molecule has 0 bridgehead atoms. The molecule has 0 heterocycles. The second-order valence-electron chi connectivity index (χ2n) is 4.68. The van der Waals surface area contributed by atoms with Crippen molar-refractivity contribution >= 4 is 21.7 Å². The summed E-state index contributed by atoms with van der Waals surface area (Å²) in [5.41, 5.74) is 1.38. The SMILES string of the molecule is O=C(c1ccc(Br)cc1)c1ccc(OC2CC2)cc1. The van der Waals surface area contributed by atoms with Crippen LogP contribution in [-0.2, 0) is 0 Å². The van der Waals surface area contributed by atoms with Gasteiger partial charge in [-0.1, -0.05) is 15.9 Å². The van der Waals surface area contributed by atoms with Crippen molar-refractivity contribution in [1.82, 2.24) is 0 Å². The van der Waals surface area contributed by atoms with Crippen LogP contribution in [0.25, 0.3) is 0 Å². The Morgan fingerprint density at radius 2 is 1.47 bits per heavy atom. The third kappa shape index (κ3) is 3.04. The van der Waals surface area contributed by atoms with Crippen LogP contribution in [0.5, 0.6) is 5.75 Å². The highest BCUT2D eigenvalue weighted by molar-refractivity contribution is 9.10. The van der Waals surface area contributed by atoms with Gasteiger partial charge < -0.3 is 4.74 Å². The highest BCUT2D eigenvalue weighted by Gasteiger charge is 2.23. The van der Waals surface area contributed by atoms with E-state index in [0.717, 1.165) is 23.1 Å². The molecule has 0 unspecified atom stereocenters. The molecule has 0 radical (unpaired) electrons. The number of halogens is 1. The average molecular weight is 317 g/mol. The Bertz CT molecular complexity index is 583. The molecule has 0 atom stereocenters. The van der Waals surface area contributed by atoms with Gasteiger partial charge in [-0.2, -0.15) is 0 Å². The first-order valence-electron chi connectivity index (χ1n) is 6.29. The molecule has 2 aromatic carbocycles. The van der Waals surface area contributed by atoms with Gasteiger partial charge in [-0.25, -0.2) is 0 Å².